The number of rotatable bonds is 1. The number of nitrogens with zero attached hydrogens (tertiary/aromatic N) is 2. The number of nitrogens with one attached hydrogen (secondary N) is 1. The summed E-state index contributed by atoms with van der Waals surface area (Å²) >= 11 is 0. The molecule has 0 radical (unpaired) electrons. The van der Waals surface area contributed by atoms with Crippen LogP contribution in [0.3, 0.4) is 0 Å². The summed E-state index contributed by atoms with van der Waals surface area (Å²) in [6, 6.07) is 5.41. The number of H-pyrrole nitrogens is 1. The Balaban J connectivity index is 2.10. The second-order valence-corrected chi connectivity index (χ2v) is 3.47. The first kappa shape index (κ1) is 9.02. The number of benzene rings is 1. The van der Waals surface area contributed by atoms with E-state index in [1.807, 2.05) is 6.07 Å². The SMILES string of the molecule is Cn1nc(-c2ccc3c(c2)OCO3)[nH]c1=O. The van der Waals surface area contributed by atoms with E-state index < -0.39 is 0 Å². The second-order valence-electron chi connectivity index (χ2n) is 3.47. The van der Waals surface area contributed by atoms with Crippen LogP contribution in [-0.4, -0.2) is 21.6 Å². The summed E-state index contributed by atoms with van der Waals surface area (Å²) in [5.74, 6) is 1.90. The van der Waals surface area contributed by atoms with Crippen LogP contribution >= 0.6 is 0 Å². The zero-order valence-electron chi connectivity index (χ0n) is 8.56. The monoisotopic (exact) mass is 219 g/mol. The average molecular weight is 219 g/mol. The molecule has 1 aromatic carbocycles. The molecule has 0 amide bonds. The standard InChI is InChI=1S/C10H9N3O3/c1-13-10(14)11-9(12-13)6-2-3-7-8(4-6)16-5-15-7/h2-4H,5H2,1H3,(H,11,12,14). The molecule has 3 rings (SSSR count). The van der Waals surface area contributed by atoms with E-state index in [9.17, 15) is 4.79 Å². The lowest BCUT2D eigenvalue weighted by Gasteiger charge is -1.98. The molecule has 1 N–H and O–H groups in total. The minimum Gasteiger partial charge on any atom is -0.454 e. The Hall–Kier alpha value is -2.24. The summed E-state index contributed by atoms with van der Waals surface area (Å²) < 4.78 is 11.7. The number of aromatic amines is 1. The van der Waals surface area contributed by atoms with Crippen molar-refractivity contribution in [3.05, 3.63) is 28.7 Å². The van der Waals surface area contributed by atoms with Crippen molar-refractivity contribution in [2.75, 3.05) is 6.79 Å². The Morgan fingerprint density at radius 2 is 2.19 bits per heavy atom. The van der Waals surface area contributed by atoms with Crippen LogP contribution in [-0.2, 0) is 7.05 Å². The van der Waals surface area contributed by atoms with Crippen LogP contribution < -0.4 is 15.2 Å². The predicted molar refractivity (Wildman–Crippen MR) is 55.4 cm³/mol. The molecule has 0 unspecified atom stereocenters. The maximum Gasteiger partial charge on any atom is 0.343 e. The maximum absolute atomic E-state index is 11.2. The minimum atomic E-state index is -0.243. The topological polar surface area (TPSA) is 69.1 Å². The molecule has 0 spiro atoms. The fourth-order valence-corrected chi connectivity index (χ4v) is 1.58. The molecular weight excluding hydrogens is 210 g/mol. The smallest absolute Gasteiger partial charge is 0.343 e. The Morgan fingerprint density at radius 3 is 2.94 bits per heavy atom. The van der Waals surface area contributed by atoms with Crippen LogP contribution in [0.5, 0.6) is 11.5 Å². The molecule has 82 valence electrons. The third-order valence-corrected chi connectivity index (χ3v) is 2.42. The van der Waals surface area contributed by atoms with Crippen LogP contribution in [0.1, 0.15) is 0 Å². The highest BCUT2D eigenvalue weighted by Gasteiger charge is 2.15. The van der Waals surface area contributed by atoms with Gasteiger partial charge in [0.25, 0.3) is 0 Å². The lowest BCUT2D eigenvalue weighted by Crippen LogP contribution is -2.13. The lowest BCUT2D eigenvalue weighted by molar-refractivity contribution is 0.174. The van der Waals surface area contributed by atoms with Gasteiger partial charge >= 0.3 is 5.69 Å². The van der Waals surface area contributed by atoms with Gasteiger partial charge in [-0.05, 0) is 18.2 Å². The van der Waals surface area contributed by atoms with Gasteiger partial charge in [-0.3, -0.25) is 4.98 Å². The fraction of sp³-hybridized carbons (Fsp3) is 0.200. The molecule has 0 saturated carbocycles. The van der Waals surface area contributed by atoms with E-state index in [-0.39, 0.29) is 12.5 Å². The highest BCUT2D eigenvalue weighted by molar-refractivity contribution is 5.61. The van der Waals surface area contributed by atoms with Crippen molar-refractivity contribution in [2.45, 2.75) is 0 Å². The quantitative estimate of drug-likeness (QED) is 0.758. The van der Waals surface area contributed by atoms with E-state index in [0.717, 1.165) is 5.56 Å². The summed E-state index contributed by atoms with van der Waals surface area (Å²) in [6.07, 6.45) is 0. The highest BCUT2D eigenvalue weighted by Crippen LogP contribution is 2.34. The molecule has 2 heterocycles. The van der Waals surface area contributed by atoms with Gasteiger partial charge < -0.3 is 9.47 Å². The van der Waals surface area contributed by atoms with Gasteiger partial charge in [0.1, 0.15) is 0 Å². The van der Waals surface area contributed by atoms with Gasteiger partial charge in [0.2, 0.25) is 6.79 Å². The van der Waals surface area contributed by atoms with Crippen molar-refractivity contribution in [1.29, 1.82) is 0 Å². The summed E-state index contributed by atoms with van der Waals surface area (Å²) in [5.41, 5.74) is 0.551. The highest BCUT2D eigenvalue weighted by atomic mass is 16.7. The van der Waals surface area contributed by atoms with Gasteiger partial charge in [0, 0.05) is 12.6 Å². The summed E-state index contributed by atoms with van der Waals surface area (Å²) in [7, 11) is 1.59. The molecule has 0 atom stereocenters. The number of fused-ring (bicyclic) bond motifs is 1. The van der Waals surface area contributed by atoms with Gasteiger partial charge in [-0.15, -0.1) is 0 Å². The van der Waals surface area contributed by atoms with Gasteiger partial charge in [0.15, 0.2) is 17.3 Å². The Bertz CT molecular complexity index is 600. The Kier molecular flexibility index (Phi) is 1.76. The summed E-state index contributed by atoms with van der Waals surface area (Å²) in [6.45, 7) is 0.234. The average Bonchev–Trinajstić information content (AvgIpc) is 2.85. The first-order valence-corrected chi connectivity index (χ1v) is 4.77. The van der Waals surface area contributed by atoms with Crippen molar-refractivity contribution < 1.29 is 9.47 Å². The lowest BCUT2D eigenvalue weighted by atomic mass is 10.2. The van der Waals surface area contributed by atoms with Gasteiger partial charge in [-0.1, -0.05) is 0 Å². The largest absolute Gasteiger partial charge is 0.454 e. The van der Waals surface area contributed by atoms with Gasteiger partial charge in [-0.25, -0.2) is 9.48 Å². The van der Waals surface area contributed by atoms with Crippen LogP contribution in [0.4, 0.5) is 0 Å². The van der Waals surface area contributed by atoms with Crippen LogP contribution in [0, 0.1) is 0 Å². The van der Waals surface area contributed by atoms with E-state index in [2.05, 4.69) is 10.1 Å². The number of ether oxygens (including phenoxy) is 2. The molecule has 0 bridgehead atoms. The Labute approximate surface area is 90.4 Å². The first-order valence-electron chi connectivity index (χ1n) is 4.77. The normalized spacial score (nSPS) is 13.1. The van der Waals surface area contributed by atoms with Crippen molar-refractivity contribution in [2.24, 2.45) is 7.05 Å². The number of hydrogen-bond donors (Lipinski definition) is 1. The van der Waals surface area contributed by atoms with Gasteiger partial charge in [0.05, 0.1) is 0 Å². The predicted octanol–water partition coefficient (Wildman–Crippen LogP) is 0.504. The third-order valence-electron chi connectivity index (χ3n) is 2.42. The molecule has 1 aromatic heterocycles. The number of aryl methyl sites for hydroxylation is 1. The van der Waals surface area contributed by atoms with Crippen molar-refractivity contribution in [3.8, 4) is 22.9 Å². The van der Waals surface area contributed by atoms with Crippen LogP contribution in [0.25, 0.3) is 11.4 Å². The zero-order chi connectivity index (χ0) is 11.1. The van der Waals surface area contributed by atoms with Crippen LogP contribution in [0.15, 0.2) is 23.0 Å². The van der Waals surface area contributed by atoms with E-state index in [0.29, 0.717) is 17.3 Å². The second kappa shape index (κ2) is 3.13. The molecule has 2 aromatic rings. The molecule has 0 saturated heterocycles. The van der Waals surface area contributed by atoms with E-state index in [4.69, 9.17) is 9.47 Å². The molecule has 1 aliphatic rings. The van der Waals surface area contributed by atoms with E-state index in [1.165, 1.54) is 4.68 Å². The van der Waals surface area contributed by atoms with Crippen molar-refractivity contribution in [3.63, 3.8) is 0 Å². The van der Waals surface area contributed by atoms with E-state index >= 15 is 0 Å². The molecule has 0 aliphatic carbocycles. The fourth-order valence-electron chi connectivity index (χ4n) is 1.58. The number of aromatic nitrogens is 3. The first-order chi connectivity index (χ1) is 7.74. The van der Waals surface area contributed by atoms with Crippen molar-refractivity contribution >= 4 is 0 Å². The van der Waals surface area contributed by atoms with Crippen LogP contribution in [0.2, 0.25) is 0 Å². The molecule has 1 aliphatic heterocycles. The van der Waals surface area contributed by atoms with Crippen molar-refractivity contribution in [1.82, 2.24) is 14.8 Å². The van der Waals surface area contributed by atoms with Gasteiger partial charge in [-0.2, -0.15) is 5.10 Å². The minimum absolute atomic E-state index is 0.234. The Morgan fingerprint density at radius 1 is 1.38 bits per heavy atom. The summed E-state index contributed by atoms with van der Waals surface area (Å²) in [5, 5.41) is 4.06. The zero-order valence-corrected chi connectivity index (χ0v) is 8.56. The van der Waals surface area contributed by atoms with E-state index in [1.54, 1.807) is 19.2 Å². The summed E-state index contributed by atoms with van der Waals surface area (Å²) in [4.78, 5) is 13.9. The molecule has 0 fully saturated rings. The molecular formula is C10H9N3O3. The molecule has 6 nitrogen and oxygen atoms in total. The maximum atomic E-state index is 11.2. The molecule has 16 heavy (non-hydrogen) atoms. The number of hydrogen-bond acceptors (Lipinski definition) is 4. The third kappa shape index (κ3) is 1.27. The molecule has 6 heteroatoms.